The molecule has 1 heterocycles. The van der Waals surface area contributed by atoms with E-state index in [1.807, 2.05) is 19.9 Å². The molecular formula is C22H32N2O4Si. The second-order valence-corrected chi connectivity index (χ2v) is 9.84. The van der Waals surface area contributed by atoms with Crippen LogP contribution >= 0.6 is 0 Å². The first-order chi connectivity index (χ1) is 13.2. The first-order valence-electron chi connectivity index (χ1n) is 9.70. The summed E-state index contributed by atoms with van der Waals surface area (Å²) in [6.07, 6.45) is -0.795. The van der Waals surface area contributed by atoms with Gasteiger partial charge in [0.15, 0.2) is 0 Å². The van der Waals surface area contributed by atoms with Crippen molar-refractivity contribution in [2.24, 2.45) is 0 Å². The Kier molecular flexibility index (Phi) is 6.14. The van der Waals surface area contributed by atoms with E-state index in [0.717, 1.165) is 27.1 Å². The summed E-state index contributed by atoms with van der Waals surface area (Å²) >= 11 is 0. The van der Waals surface area contributed by atoms with Crippen LogP contribution in [0.25, 0.3) is 11.3 Å². The maximum atomic E-state index is 12.5. The van der Waals surface area contributed by atoms with E-state index in [1.54, 1.807) is 20.8 Å². The SMILES string of the molecule is Cc1cc(=O)n(C(=O)OC(C)(C)C)nc1-c1cc(C)c(C(C)(C)C)c(C)c1O[SiH3]. The number of benzene rings is 1. The number of hydrogen-bond acceptors (Lipinski definition) is 5. The normalized spacial score (nSPS) is 12.2. The molecule has 0 fully saturated rings. The fourth-order valence-electron chi connectivity index (χ4n) is 3.80. The molecule has 29 heavy (non-hydrogen) atoms. The van der Waals surface area contributed by atoms with Crippen LogP contribution < -0.4 is 9.99 Å². The quantitative estimate of drug-likeness (QED) is 0.700. The van der Waals surface area contributed by atoms with Crippen molar-refractivity contribution in [1.82, 2.24) is 9.78 Å². The summed E-state index contributed by atoms with van der Waals surface area (Å²) in [5.41, 5.74) is 4.09. The van der Waals surface area contributed by atoms with Crippen molar-refractivity contribution in [2.45, 2.75) is 73.3 Å². The molecule has 0 spiro atoms. The van der Waals surface area contributed by atoms with E-state index >= 15 is 0 Å². The van der Waals surface area contributed by atoms with Gasteiger partial charge in [0, 0.05) is 11.6 Å². The zero-order chi connectivity index (χ0) is 22.3. The zero-order valence-electron chi connectivity index (χ0n) is 19.2. The minimum atomic E-state index is -0.795. The van der Waals surface area contributed by atoms with Crippen molar-refractivity contribution in [3.63, 3.8) is 0 Å². The average molecular weight is 417 g/mol. The van der Waals surface area contributed by atoms with Gasteiger partial charge in [-0.2, -0.15) is 5.10 Å². The smallest absolute Gasteiger partial charge is 0.438 e. The summed E-state index contributed by atoms with van der Waals surface area (Å²) in [6.45, 7) is 17.7. The van der Waals surface area contributed by atoms with Gasteiger partial charge in [0.2, 0.25) is 10.5 Å². The Bertz CT molecular complexity index is 1010. The van der Waals surface area contributed by atoms with Crippen LogP contribution in [-0.2, 0) is 10.2 Å². The van der Waals surface area contributed by atoms with Crippen LogP contribution in [0.5, 0.6) is 5.75 Å². The van der Waals surface area contributed by atoms with Crippen molar-refractivity contribution in [3.05, 3.63) is 44.7 Å². The molecule has 158 valence electrons. The van der Waals surface area contributed by atoms with Crippen LogP contribution in [-0.4, -0.2) is 32.0 Å². The highest BCUT2D eigenvalue weighted by Gasteiger charge is 2.26. The molecule has 1 aromatic carbocycles. The topological polar surface area (TPSA) is 70.4 Å². The van der Waals surface area contributed by atoms with Crippen molar-refractivity contribution < 1.29 is 14.0 Å². The molecule has 0 aliphatic heterocycles. The predicted molar refractivity (Wildman–Crippen MR) is 119 cm³/mol. The monoisotopic (exact) mass is 416 g/mol. The number of aryl methyl sites for hydroxylation is 2. The third-order valence-corrected chi connectivity index (χ3v) is 5.02. The van der Waals surface area contributed by atoms with Gasteiger partial charge in [0.25, 0.3) is 5.56 Å². The number of rotatable bonds is 2. The van der Waals surface area contributed by atoms with Gasteiger partial charge in [-0.25, -0.2) is 4.79 Å². The third-order valence-electron chi connectivity index (χ3n) is 4.61. The van der Waals surface area contributed by atoms with Crippen molar-refractivity contribution in [2.75, 3.05) is 0 Å². The van der Waals surface area contributed by atoms with E-state index in [-0.39, 0.29) is 5.41 Å². The van der Waals surface area contributed by atoms with Crippen LogP contribution in [0, 0.1) is 20.8 Å². The van der Waals surface area contributed by atoms with Crippen LogP contribution in [0.1, 0.15) is 63.8 Å². The van der Waals surface area contributed by atoms with Crippen molar-refractivity contribution >= 4 is 16.6 Å². The second-order valence-electron chi connectivity index (χ2n) is 9.43. The molecule has 0 N–H and O–H groups in total. The van der Waals surface area contributed by atoms with E-state index in [2.05, 4.69) is 32.8 Å². The number of nitrogens with zero attached hydrogens (tertiary/aromatic N) is 2. The Morgan fingerprint density at radius 2 is 1.62 bits per heavy atom. The minimum Gasteiger partial charge on any atom is -0.553 e. The zero-order valence-corrected chi connectivity index (χ0v) is 21.2. The largest absolute Gasteiger partial charge is 0.553 e. The lowest BCUT2D eigenvalue weighted by Crippen LogP contribution is -2.35. The molecule has 2 rings (SSSR count). The highest BCUT2D eigenvalue weighted by Crippen LogP contribution is 2.40. The molecule has 1 aromatic heterocycles. The van der Waals surface area contributed by atoms with Gasteiger partial charge >= 0.3 is 6.09 Å². The van der Waals surface area contributed by atoms with Crippen molar-refractivity contribution in [3.8, 4) is 17.0 Å². The van der Waals surface area contributed by atoms with Crippen molar-refractivity contribution in [1.29, 1.82) is 0 Å². The van der Waals surface area contributed by atoms with Gasteiger partial charge in [-0.05, 0) is 75.3 Å². The van der Waals surface area contributed by atoms with Gasteiger partial charge in [0.05, 0.1) is 5.69 Å². The third kappa shape index (κ3) is 4.78. The molecule has 0 radical (unpaired) electrons. The fourth-order valence-corrected chi connectivity index (χ4v) is 4.33. The molecular weight excluding hydrogens is 384 g/mol. The van der Waals surface area contributed by atoms with E-state index in [0.29, 0.717) is 21.7 Å². The molecule has 0 unspecified atom stereocenters. The van der Waals surface area contributed by atoms with E-state index in [1.165, 1.54) is 11.6 Å². The maximum Gasteiger partial charge on any atom is 0.438 e. The van der Waals surface area contributed by atoms with Gasteiger partial charge in [-0.15, -0.1) is 4.68 Å². The first-order valence-corrected chi connectivity index (χ1v) is 10.5. The number of aromatic nitrogens is 2. The Morgan fingerprint density at radius 1 is 1.03 bits per heavy atom. The summed E-state index contributed by atoms with van der Waals surface area (Å²) in [4.78, 5) is 24.9. The molecule has 0 aliphatic rings. The highest BCUT2D eigenvalue weighted by molar-refractivity contribution is 6.01. The number of hydrogen-bond donors (Lipinski definition) is 0. The molecule has 0 saturated carbocycles. The Morgan fingerprint density at radius 3 is 2.10 bits per heavy atom. The molecule has 0 bridgehead atoms. The standard InChI is InChI=1S/C22H32N2O4Si/c1-12-10-15(19(28-29)14(3)17(12)21(4,5)6)18-13(2)11-16(25)24(23-18)20(26)27-22(7,8)9/h10-11H,1-9,29H3. The number of ether oxygens (including phenoxy) is 1. The van der Waals surface area contributed by atoms with E-state index in [4.69, 9.17) is 9.16 Å². The van der Waals surface area contributed by atoms with Crippen LogP contribution in [0.3, 0.4) is 0 Å². The van der Waals surface area contributed by atoms with E-state index < -0.39 is 17.3 Å². The lowest BCUT2D eigenvalue weighted by molar-refractivity contribution is 0.0506. The van der Waals surface area contributed by atoms with E-state index in [9.17, 15) is 9.59 Å². The molecule has 0 aliphatic carbocycles. The summed E-state index contributed by atoms with van der Waals surface area (Å²) in [6, 6.07) is 3.44. The Hall–Kier alpha value is -2.41. The van der Waals surface area contributed by atoms with Crippen LogP contribution in [0.15, 0.2) is 16.9 Å². The molecule has 0 saturated heterocycles. The summed E-state index contributed by atoms with van der Waals surface area (Å²) in [5.74, 6) is 0.747. The average Bonchev–Trinajstić information content (AvgIpc) is 2.51. The number of carbonyl (C=O) groups excluding carboxylic acids is 1. The van der Waals surface area contributed by atoms with Gasteiger partial charge in [-0.1, -0.05) is 20.8 Å². The predicted octanol–water partition coefficient (Wildman–Crippen LogP) is 3.58. The maximum absolute atomic E-state index is 12.5. The number of carbonyl (C=O) groups is 1. The molecule has 2 aromatic rings. The summed E-state index contributed by atoms with van der Waals surface area (Å²) in [5, 5.41) is 4.37. The van der Waals surface area contributed by atoms with Crippen LogP contribution in [0.4, 0.5) is 4.79 Å². The minimum absolute atomic E-state index is 0.0424. The molecule has 0 amide bonds. The molecule has 6 nitrogen and oxygen atoms in total. The highest BCUT2D eigenvalue weighted by atomic mass is 28.2. The van der Waals surface area contributed by atoms with Gasteiger partial charge in [-0.3, -0.25) is 4.79 Å². The first kappa shape index (κ1) is 22.9. The Labute approximate surface area is 175 Å². The molecule has 0 atom stereocenters. The lowest BCUT2D eigenvalue weighted by Gasteiger charge is -2.27. The summed E-state index contributed by atoms with van der Waals surface area (Å²) < 4.78 is 12.0. The second kappa shape index (κ2) is 7.78. The molecule has 7 heteroatoms. The Balaban J connectivity index is 2.77. The van der Waals surface area contributed by atoms with Crippen LogP contribution in [0.2, 0.25) is 0 Å². The van der Waals surface area contributed by atoms with Gasteiger partial charge < -0.3 is 9.16 Å². The fraction of sp³-hybridized carbons (Fsp3) is 0.500. The summed E-state index contributed by atoms with van der Waals surface area (Å²) in [7, 11) is 0.505. The lowest BCUT2D eigenvalue weighted by atomic mass is 9.79. The van der Waals surface area contributed by atoms with Gasteiger partial charge in [0.1, 0.15) is 11.4 Å².